The van der Waals surface area contributed by atoms with Crippen LogP contribution in [0.3, 0.4) is 0 Å². The average Bonchev–Trinajstić information content (AvgIpc) is 3.26. The van der Waals surface area contributed by atoms with Crippen molar-refractivity contribution in [2.45, 2.75) is 52.3 Å². The van der Waals surface area contributed by atoms with Gasteiger partial charge in [-0.05, 0) is 49.1 Å². The number of rotatable bonds is 6. The number of allylic oxidation sites excluding steroid dienone is 2. The minimum absolute atomic E-state index is 0.180. The normalized spacial score (nSPS) is 20.6. The second-order valence-electron chi connectivity index (χ2n) is 6.87. The number of hydrogen-bond donors (Lipinski definition) is 2. The van der Waals surface area contributed by atoms with Gasteiger partial charge in [0.25, 0.3) is 0 Å². The van der Waals surface area contributed by atoms with Gasteiger partial charge in [-0.15, -0.1) is 0 Å². The number of hydrogen-bond acceptors (Lipinski definition) is 6. The number of alkyl halides is 3. The molecule has 2 aromatic rings. The Bertz CT molecular complexity index is 933. The summed E-state index contributed by atoms with van der Waals surface area (Å²) in [7, 11) is 0. The lowest BCUT2D eigenvalue weighted by Crippen LogP contribution is -2.12. The van der Waals surface area contributed by atoms with Crippen molar-refractivity contribution in [2.24, 2.45) is 10.9 Å². The highest BCUT2D eigenvalue weighted by Crippen LogP contribution is 2.29. The van der Waals surface area contributed by atoms with Crippen LogP contribution in [0.25, 0.3) is 5.57 Å². The molecular weight excluding hydrogens is 437 g/mol. The zero-order valence-electron chi connectivity index (χ0n) is 18.4. The maximum absolute atomic E-state index is 12.6. The highest BCUT2D eigenvalue weighted by atomic mass is 32.1. The number of oxime groups is 1. The first kappa shape index (κ1) is 25.5. The van der Waals surface area contributed by atoms with Gasteiger partial charge in [0.1, 0.15) is 11.9 Å². The van der Waals surface area contributed by atoms with Gasteiger partial charge in [-0.25, -0.2) is 4.98 Å². The zero-order chi connectivity index (χ0) is 23.6. The molecule has 0 fully saturated rings. The molecule has 5 nitrogen and oxygen atoms in total. The number of nitrogens with zero attached hydrogens (tertiary/aromatic N) is 2. The smallest absolute Gasteiger partial charge is 0.387 e. The number of amidine groups is 1. The molecule has 0 radical (unpaired) electrons. The minimum atomic E-state index is -4.30. The third kappa shape index (κ3) is 8.03. The summed E-state index contributed by atoms with van der Waals surface area (Å²) in [5.74, 6) is 0.411. The third-order valence-corrected chi connectivity index (χ3v) is 5.41. The molecule has 0 spiro atoms. The number of thiazole rings is 1. The van der Waals surface area contributed by atoms with E-state index in [0.29, 0.717) is 25.2 Å². The summed E-state index contributed by atoms with van der Waals surface area (Å²) < 4.78 is 37.8. The number of nitrogens with one attached hydrogen (secondary N) is 1. The molecule has 1 atom stereocenters. The van der Waals surface area contributed by atoms with Crippen molar-refractivity contribution in [1.82, 2.24) is 4.98 Å². The molecule has 3 N–H and O–H groups in total. The first-order chi connectivity index (χ1) is 15.3. The van der Waals surface area contributed by atoms with E-state index in [-0.39, 0.29) is 6.10 Å². The summed E-state index contributed by atoms with van der Waals surface area (Å²) in [4.78, 5) is 10.7. The molecule has 0 bridgehead atoms. The summed E-state index contributed by atoms with van der Waals surface area (Å²) in [5, 5.41) is 7.93. The van der Waals surface area contributed by atoms with E-state index in [1.54, 1.807) is 6.20 Å². The van der Waals surface area contributed by atoms with Crippen LogP contribution in [0.5, 0.6) is 0 Å². The van der Waals surface area contributed by atoms with Crippen LogP contribution in [0, 0.1) is 0 Å². The van der Waals surface area contributed by atoms with E-state index in [2.05, 4.69) is 15.5 Å². The van der Waals surface area contributed by atoms with E-state index in [4.69, 9.17) is 10.6 Å². The number of benzene rings is 1. The van der Waals surface area contributed by atoms with Gasteiger partial charge in [-0.2, -0.15) is 13.2 Å². The Kier molecular flexibility index (Phi) is 9.77. The molecule has 1 unspecified atom stereocenters. The van der Waals surface area contributed by atoms with E-state index in [9.17, 15) is 13.2 Å². The number of nitrogens with two attached hydrogens (primary N) is 1. The summed E-state index contributed by atoms with van der Waals surface area (Å²) in [6.45, 7) is 6.56. The summed E-state index contributed by atoms with van der Waals surface area (Å²) in [6, 6.07) is 5.30. The molecule has 1 aromatic carbocycles. The zero-order valence-corrected chi connectivity index (χ0v) is 19.3. The van der Waals surface area contributed by atoms with Crippen molar-refractivity contribution in [3.8, 4) is 0 Å². The van der Waals surface area contributed by atoms with Crippen LogP contribution in [0.4, 0.5) is 18.3 Å². The fourth-order valence-electron chi connectivity index (χ4n) is 2.77. The summed E-state index contributed by atoms with van der Waals surface area (Å²) >= 11 is 1.53. The molecule has 1 aliphatic rings. The van der Waals surface area contributed by atoms with Crippen LogP contribution < -0.4 is 11.1 Å². The SMILES string of the molecule is CC.CC1/C=C\C(c2cnc(NCCCc3ccc(C(F)(F)F)cc3)s2)=C/C/C(N)=N\O1. The molecular formula is C23H29F3N4OS. The molecule has 174 valence electrons. The largest absolute Gasteiger partial charge is 0.416 e. The number of aromatic nitrogens is 1. The number of halogens is 3. The van der Waals surface area contributed by atoms with E-state index >= 15 is 0 Å². The Morgan fingerprint density at radius 2 is 1.94 bits per heavy atom. The summed E-state index contributed by atoms with van der Waals surface area (Å²) in [6.07, 6.45) is 5.14. The van der Waals surface area contributed by atoms with Gasteiger partial charge in [-0.3, -0.25) is 0 Å². The Hall–Kier alpha value is -2.81. The third-order valence-electron chi connectivity index (χ3n) is 4.40. The highest BCUT2D eigenvalue weighted by molar-refractivity contribution is 7.16. The fourth-order valence-corrected chi connectivity index (χ4v) is 3.63. The Morgan fingerprint density at radius 1 is 1.22 bits per heavy atom. The van der Waals surface area contributed by atoms with Gasteiger partial charge in [0.15, 0.2) is 5.13 Å². The predicted molar refractivity (Wildman–Crippen MR) is 126 cm³/mol. The van der Waals surface area contributed by atoms with Crippen molar-refractivity contribution in [2.75, 3.05) is 11.9 Å². The quantitative estimate of drug-likeness (QED) is 0.493. The molecule has 9 heteroatoms. The predicted octanol–water partition coefficient (Wildman–Crippen LogP) is 6.25. The second kappa shape index (κ2) is 12.3. The van der Waals surface area contributed by atoms with Crippen molar-refractivity contribution in [1.29, 1.82) is 0 Å². The maximum Gasteiger partial charge on any atom is 0.416 e. The van der Waals surface area contributed by atoms with Crippen LogP contribution >= 0.6 is 11.3 Å². The Labute approximate surface area is 190 Å². The van der Waals surface area contributed by atoms with Gasteiger partial charge in [0, 0.05) is 19.2 Å². The Balaban J connectivity index is 0.00000176. The van der Waals surface area contributed by atoms with Crippen molar-refractivity contribution in [3.63, 3.8) is 0 Å². The monoisotopic (exact) mass is 466 g/mol. The van der Waals surface area contributed by atoms with Crippen LogP contribution in [-0.4, -0.2) is 23.5 Å². The van der Waals surface area contributed by atoms with Crippen LogP contribution in [0.15, 0.2) is 53.8 Å². The van der Waals surface area contributed by atoms with Gasteiger partial charge in [0.05, 0.1) is 10.4 Å². The molecule has 0 saturated heterocycles. The molecule has 1 aromatic heterocycles. The van der Waals surface area contributed by atoms with Crippen molar-refractivity contribution >= 4 is 27.9 Å². The lowest BCUT2D eigenvalue weighted by molar-refractivity contribution is -0.137. The van der Waals surface area contributed by atoms with Crippen LogP contribution in [0.2, 0.25) is 0 Å². The maximum atomic E-state index is 12.6. The molecule has 1 aliphatic heterocycles. The average molecular weight is 467 g/mol. The first-order valence-electron chi connectivity index (χ1n) is 10.5. The van der Waals surface area contributed by atoms with E-state index in [0.717, 1.165) is 39.7 Å². The van der Waals surface area contributed by atoms with Crippen molar-refractivity contribution in [3.05, 3.63) is 64.7 Å². The van der Waals surface area contributed by atoms with Crippen LogP contribution in [0.1, 0.15) is 49.6 Å². The van der Waals surface area contributed by atoms with Gasteiger partial charge >= 0.3 is 6.18 Å². The lowest BCUT2D eigenvalue weighted by atomic mass is 10.1. The van der Waals surface area contributed by atoms with Gasteiger partial charge in [-0.1, -0.05) is 54.6 Å². The van der Waals surface area contributed by atoms with E-state index in [1.165, 1.54) is 23.5 Å². The van der Waals surface area contributed by atoms with Gasteiger partial charge in [0.2, 0.25) is 0 Å². The molecule has 0 saturated carbocycles. The number of aryl methyl sites for hydroxylation is 1. The van der Waals surface area contributed by atoms with Crippen molar-refractivity contribution < 1.29 is 18.0 Å². The number of anilines is 1. The highest BCUT2D eigenvalue weighted by Gasteiger charge is 2.29. The molecule has 3 rings (SSSR count). The van der Waals surface area contributed by atoms with E-state index in [1.807, 2.05) is 39.0 Å². The standard InChI is InChI=1S/C21H23F3N4OS.C2H6/c1-14-4-7-16(8-11-19(25)28-29-14)18-13-27-20(30-18)26-12-2-3-15-5-9-17(10-6-15)21(22,23)24;1-2/h4-10,13-14H,2-3,11-12H2,1H3,(H2,25,28)(H,26,27);1-2H3/b7-4-,16-8+;. The molecule has 32 heavy (non-hydrogen) atoms. The molecule has 0 amide bonds. The van der Waals surface area contributed by atoms with E-state index < -0.39 is 11.7 Å². The van der Waals surface area contributed by atoms with Crippen LogP contribution in [-0.2, 0) is 17.4 Å². The van der Waals surface area contributed by atoms with Gasteiger partial charge < -0.3 is 15.9 Å². The molecule has 0 aliphatic carbocycles. The Morgan fingerprint density at radius 3 is 2.62 bits per heavy atom. The fraction of sp³-hybridized carbons (Fsp3) is 0.391. The lowest BCUT2D eigenvalue weighted by Gasteiger charge is -2.08. The minimum Gasteiger partial charge on any atom is -0.387 e. The first-order valence-corrected chi connectivity index (χ1v) is 11.4. The second-order valence-corrected chi connectivity index (χ2v) is 7.90. The molecule has 2 heterocycles. The summed E-state index contributed by atoms with van der Waals surface area (Å²) in [5.41, 5.74) is 7.07. The topological polar surface area (TPSA) is 72.5 Å².